The third-order valence-electron chi connectivity index (χ3n) is 10.2. The summed E-state index contributed by atoms with van der Waals surface area (Å²) in [4.78, 5) is 13.6. The Balaban J connectivity index is 1.18. The second kappa shape index (κ2) is 9.97. The number of alkyl halides is 2. The number of ether oxygens (including phenoxy) is 1. The Hall–Kier alpha value is -2.59. The lowest BCUT2D eigenvalue weighted by Crippen LogP contribution is -2.53. The predicted molar refractivity (Wildman–Crippen MR) is 156 cm³/mol. The number of benzene rings is 3. The topological polar surface area (TPSA) is 98.5 Å². The summed E-state index contributed by atoms with van der Waals surface area (Å²) in [7, 11) is -4.51. The van der Waals surface area contributed by atoms with E-state index < -0.39 is 39.3 Å². The zero-order valence-corrected chi connectivity index (χ0v) is 24.5. The third kappa shape index (κ3) is 4.73. The number of nitrogens with one attached hydrogen (secondary N) is 1. The minimum atomic E-state index is -4.51. The summed E-state index contributed by atoms with van der Waals surface area (Å²) >= 11 is 5.92. The number of fused-ring (bicyclic) bond motifs is 1. The molecule has 4 fully saturated rings. The van der Waals surface area contributed by atoms with Crippen LogP contribution in [-0.2, 0) is 20.7 Å². The number of halogens is 3. The number of rotatable bonds is 9. The molecule has 3 aromatic carbocycles. The number of carbonyl (C=O) groups excluding carboxylic acids is 1. The normalized spacial score (nSPS) is 29.5. The summed E-state index contributed by atoms with van der Waals surface area (Å²) in [6.45, 7) is 0. The van der Waals surface area contributed by atoms with Gasteiger partial charge in [-0.05, 0) is 109 Å². The molecule has 0 aliphatic heterocycles. The van der Waals surface area contributed by atoms with E-state index in [1.54, 1.807) is 18.2 Å². The van der Waals surface area contributed by atoms with Crippen LogP contribution in [0.3, 0.4) is 0 Å². The maximum atomic E-state index is 16.1. The smallest absolute Gasteiger partial charge is 0.296 e. The number of Topliss-reactive ketones (excluding diaryl/α,β-unsaturated/α-hetero) is 1. The molecule has 6 atom stereocenters. The largest absolute Gasteiger partial charge is 0.490 e. The fourth-order valence-electron chi connectivity index (χ4n) is 7.70. The highest BCUT2D eigenvalue weighted by atomic mass is 35.5. The number of nitrogens with two attached hydrogens (primary N) is 1. The number of hydrogen-bond donors (Lipinski definition) is 2. The number of hydrogen-bond acceptors (Lipinski definition) is 5. The highest BCUT2D eigenvalue weighted by Crippen LogP contribution is 2.79. The molecule has 3 N–H and O–H groups in total. The van der Waals surface area contributed by atoms with Crippen molar-refractivity contribution >= 4 is 38.2 Å². The molecule has 4 saturated carbocycles. The average Bonchev–Trinajstić information content (AvgIpc) is 3.74. The van der Waals surface area contributed by atoms with Crippen LogP contribution in [0.1, 0.15) is 50.5 Å². The van der Waals surface area contributed by atoms with Crippen LogP contribution in [0.2, 0.25) is 5.02 Å². The van der Waals surface area contributed by atoms with E-state index in [-0.39, 0.29) is 39.3 Å². The van der Waals surface area contributed by atoms with Gasteiger partial charge >= 0.3 is 0 Å². The van der Waals surface area contributed by atoms with Crippen molar-refractivity contribution in [3.05, 3.63) is 71.2 Å². The maximum absolute atomic E-state index is 16.1. The summed E-state index contributed by atoms with van der Waals surface area (Å²) in [5.41, 5.74) is 5.85. The van der Waals surface area contributed by atoms with Crippen molar-refractivity contribution in [2.75, 3.05) is 0 Å². The Bertz CT molecular complexity index is 1660. The minimum Gasteiger partial charge on any atom is -0.490 e. The van der Waals surface area contributed by atoms with E-state index in [2.05, 4.69) is 4.72 Å². The van der Waals surface area contributed by atoms with Crippen molar-refractivity contribution in [2.24, 2.45) is 28.9 Å². The molecule has 0 saturated heterocycles. The molecule has 0 bridgehead atoms. The summed E-state index contributed by atoms with van der Waals surface area (Å²) < 4.78 is 67.7. The third-order valence-corrected chi connectivity index (χ3v) is 11.9. The molecule has 3 aromatic rings. The van der Waals surface area contributed by atoms with Crippen LogP contribution in [-0.4, -0.2) is 32.4 Å². The predicted octanol–water partition coefficient (Wildman–Crippen LogP) is 6.20. The molecule has 4 aliphatic rings. The van der Waals surface area contributed by atoms with Gasteiger partial charge < -0.3 is 10.5 Å². The lowest BCUT2D eigenvalue weighted by atomic mass is 9.81. The first-order valence-electron chi connectivity index (χ1n) is 14.6. The van der Waals surface area contributed by atoms with E-state index in [4.69, 9.17) is 22.1 Å². The van der Waals surface area contributed by atoms with Crippen molar-refractivity contribution in [3.63, 3.8) is 0 Å². The molecule has 6 nitrogen and oxygen atoms in total. The van der Waals surface area contributed by atoms with Crippen LogP contribution in [0.25, 0.3) is 10.8 Å². The van der Waals surface area contributed by atoms with Crippen LogP contribution in [0.15, 0.2) is 65.6 Å². The van der Waals surface area contributed by atoms with Gasteiger partial charge in [-0.1, -0.05) is 35.9 Å². The van der Waals surface area contributed by atoms with Gasteiger partial charge in [0.25, 0.3) is 5.92 Å². The van der Waals surface area contributed by atoms with Crippen molar-refractivity contribution < 1.29 is 26.7 Å². The summed E-state index contributed by atoms with van der Waals surface area (Å²) in [5, 5.41) is 1.63. The molecular weight excluding hydrogens is 582 g/mol. The van der Waals surface area contributed by atoms with Gasteiger partial charge in [-0.15, -0.1) is 0 Å². The van der Waals surface area contributed by atoms with Gasteiger partial charge in [0.2, 0.25) is 10.0 Å². The van der Waals surface area contributed by atoms with E-state index in [1.807, 2.05) is 6.07 Å². The van der Waals surface area contributed by atoms with Gasteiger partial charge in [-0.25, -0.2) is 8.42 Å². The van der Waals surface area contributed by atoms with E-state index in [1.165, 1.54) is 24.3 Å². The highest BCUT2D eigenvalue weighted by molar-refractivity contribution is 7.89. The highest BCUT2D eigenvalue weighted by Gasteiger charge is 2.78. The molecule has 42 heavy (non-hydrogen) atoms. The monoisotopic (exact) mass is 614 g/mol. The lowest BCUT2D eigenvalue weighted by molar-refractivity contribution is -0.136. The Labute approximate surface area is 249 Å². The average molecular weight is 615 g/mol. The fraction of sp³-hybridized carbons (Fsp3) is 0.469. The van der Waals surface area contributed by atoms with E-state index in [0.29, 0.717) is 24.0 Å². The standard InChI is InChI=1S/C32H33ClF2N2O4S/c33-23-9-7-21(8-10-23)32(34,35)30(28(38)20-13-22-17-31(22)27(16-20)29(31)36)37-42(39,40)26-12-6-18-14-25(11-5-19(18)15-26)41-24-3-1-2-4-24/h5-12,14-15,20,22,24,27,29-30,37H,1-4,13,16-17,36H2/t20?,22?,27?,29?,30-,31?/m1/s1. The van der Waals surface area contributed by atoms with Crippen LogP contribution >= 0.6 is 11.6 Å². The van der Waals surface area contributed by atoms with Crippen LogP contribution in [0.5, 0.6) is 5.75 Å². The van der Waals surface area contributed by atoms with Gasteiger partial charge in [0.1, 0.15) is 11.8 Å². The second-order valence-electron chi connectivity index (χ2n) is 12.6. The maximum Gasteiger partial charge on any atom is 0.296 e. The Kier molecular flexibility index (Phi) is 6.70. The molecule has 0 radical (unpaired) electrons. The zero-order valence-electron chi connectivity index (χ0n) is 22.9. The molecular formula is C32H33ClF2N2O4S. The molecule has 0 aromatic heterocycles. The van der Waals surface area contributed by atoms with Crippen LogP contribution in [0, 0.1) is 23.2 Å². The van der Waals surface area contributed by atoms with Gasteiger partial charge in [-0.3, -0.25) is 4.79 Å². The zero-order chi connectivity index (χ0) is 29.4. The number of ketones is 1. The lowest BCUT2D eigenvalue weighted by Gasteiger charge is -2.31. The van der Waals surface area contributed by atoms with Crippen molar-refractivity contribution in [1.82, 2.24) is 4.72 Å². The van der Waals surface area contributed by atoms with E-state index in [0.717, 1.165) is 49.6 Å². The van der Waals surface area contributed by atoms with Gasteiger partial charge in [0.05, 0.1) is 11.0 Å². The first kappa shape index (κ1) is 28.2. The van der Waals surface area contributed by atoms with Crippen molar-refractivity contribution in [2.45, 2.75) is 74.0 Å². The Morgan fingerprint density at radius 3 is 2.43 bits per heavy atom. The Morgan fingerprint density at radius 2 is 1.71 bits per heavy atom. The minimum absolute atomic E-state index is 0.00565. The molecule has 222 valence electrons. The van der Waals surface area contributed by atoms with E-state index >= 15 is 8.78 Å². The van der Waals surface area contributed by atoms with Crippen molar-refractivity contribution in [3.8, 4) is 5.75 Å². The summed E-state index contributed by atoms with van der Waals surface area (Å²) in [5.74, 6) is -4.22. The molecule has 5 unspecified atom stereocenters. The fourth-order valence-corrected chi connectivity index (χ4v) is 9.07. The first-order chi connectivity index (χ1) is 20.0. The summed E-state index contributed by atoms with van der Waals surface area (Å²) in [6, 6.07) is 12.4. The molecule has 1 spiro atoms. The van der Waals surface area contributed by atoms with E-state index in [9.17, 15) is 13.2 Å². The first-order valence-corrected chi connectivity index (χ1v) is 16.5. The summed E-state index contributed by atoms with van der Waals surface area (Å²) in [6.07, 6.45) is 6.27. The molecule has 7 rings (SSSR count). The SMILES string of the molecule is NC1C2CC(C(=O)[C@@H](NS(=O)(=O)c3ccc4cc(OC5CCCC5)ccc4c3)C(F)(F)c3ccc(Cl)cc3)CC3CC312. The van der Waals surface area contributed by atoms with Crippen LogP contribution in [0.4, 0.5) is 8.78 Å². The van der Waals surface area contributed by atoms with Gasteiger partial charge in [0.15, 0.2) is 5.78 Å². The van der Waals surface area contributed by atoms with Gasteiger partial charge in [-0.2, -0.15) is 13.5 Å². The number of sulfonamides is 1. The molecule has 0 amide bonds. The molecule has 4 aliphatic carbocycles. The molecule has 0 heterocycles. The second-order valence-corrected chi connectivity index (χ2v) is 14.7. The quantitative estimate of drug-likeness (QED) is 0.299. The van der Waals surface area contributed by atoms with Crippen molar-refractivity contribution in [1.29, 1.82) is 0 Å². The van der Waals surface area contributed by atoms with Gasteiger partial charge in [0, 0.05) is 22.5 Å². The Morgan fingerprint density at radius 1 is 1.02 bits per heavy atom. The van der Waals surface area contributed by atoms with Crippen LogP contribution < -0.4 is 15.2 Å². The number of carbonyl (C=O) groups is 1. The molecule has 10 heteroatoms.